The van der Waals surface area contributed by atoms with Crippen molar-refractivity contribution in [1.82, 2.24) is 0 Å². The molecule has 0 bridgehead atoms. The zero-order valence-electron chi connectivity index (χ0n) is 8.75. The number of rotatable bonds is 8. The van der Waals surface area contributed by atoms with Crippen molar-refractivity contribution in [2.45, 2.75) is 39.0 Å². The highest BCUT2D eigenvalue weighted by molar-refractivity contribution is 5.75. The third-order valence-electron chi connectivity index (χ3n) is 1.73. The quantitative estimate of drug-likeness (QED) is 0.341. The van der Waals surface area contributed by atoms with Crippen LogP contribution in [0.15, 0.2) is 12.7 Å². The Labute approximate surface area is 85.1 Å². The molecule has 0 aliphatic rings. The first kappa shape index (κ1) is 12.9. The van der Waals surface area contributed by atoms with Gasteiger partial charge in [-0.05, 0) is 26.2 Å². The monoisotopic (exact) mass is 198 g/mol. The number of carbonyl (C=O) groups is 2. The van der Waals surface area contributed by atoms with Crippen LogP contribution in [-0.2, 0) is 14.3 Å². The number of ketones is 1. The normalized spacial score (nSPS) is 9.50. The molecule has 0 aromatic carbocycles. The summed E-state index contributed by atoms with van der Waals surface area (Å²) in [7, 11) is 0. The van der Waals surface area contributed by atoms with Crippen molar-refractivity contribution >= 4 is 11.8 Å². The van der Waals surface area contributed by atoms with Gasteiger partial charge in [0, 0.05) is 12.8 Å². The summed E-state index contributed by atoms with van der Waals surface area (Å²) < 4.78 is 4.91. The maximum Gasteiger partial charge on any atom is 0.305 e. The van der Waals surface area contributed by atoms with Gasteiger partial charge in [-0.25, -0.2) is 0 Å². The van der Waals surface area contributed by atoms with Gasteiger partial charge in [0.25, 0.3) is 0 Å². The van der Waals surface area contributed by atoms with Gasteiger partial charge in [0.1, 0.15) is 5.78 Å². The van der Waals surface area contributed by atoms with Crippen molar-refractivity contribution in [1.29, 1.82) is 0 Å². The van der Waals surface area contributed by atoms with Crippen LogP contribution < -0.4 is 0 Å². The summed E-state index contributed by atoms with van der Waals surface area (Å²) >= 11 is 0. The zero-order chi connectivity index (χ0) is 10.8. The van der Waals surface area contributed by atoms with Crippen molar-refractivity contribution in [3.05, 3.63) is 12.7 Å². The Morgan fingerprint density at radius 1 is 1.29 bits per heavy atom. The highest BCUT2D eigenvalue weighted by atomic mass is 16.5. The molecule has 0 N–H and O–H groups in total. The molecule has 0 aromatic rings. The van der Waals surface area contributed by atoms with E-state index in [1.165, 1.54) is 6.92 Å². The summed E-state index contributed by atoms with van der Waals surface area (Å²) in [6, 6.07) is 0. The van der Waals surface area contributed by atoms with Crippen LogP contribution in [0.1, 0.15) is 39.0 Å². The molecule has 0 aliphatic heterocycles. The van der Waals surface area contributed by atoms with Gasteiger partial charge < -0.3 is 9.53 Å². The Hall–Kier alpha value is -1.12. The molecule has 0 unspecified atom stereocenters. The highest BCUT2D eigenvalue weighted by Crippen LogP contribution is 1.99. The van der Waals surface area contributed by atoms with E-state index in [2.05, 4.69) is 6.58 Å². The number of unbranched alkanes of at least 4 members (excludes halogenated alkanes) is 1. The summed E-state index contributed by atoms with van der Waals surface area (Å²) in [4.78, 5) is 21.6. The van der Waals surface area contributed by atoms with Gasteiger partial charge >= 0.3 is 5.97 Å². The lowest BCUT2D eigenvalue weighted by Crippen LogP contribution is -2.06. The molecule has 80 valence electrons. The summed E-state index contributed by atoms with van der Waals surface area (Å²) in [5, 5.41) is 0. The van der Waals surface area contributed by atoms with Gasteiger partial charge in [-0.2, -0.15) is 0 Å². The second-order valence-corrected chi connectivity index (χ2v) is 3.21. The fraction of sp³-hybridized carbons (Fsp3) is 0.636. The van der Waals surface area contributed by atoms with Crippen LogP contribution in [0, 0.1) is 0 Å². The van der Waals surface area contributed by atoms with Crippen LogP contribution in [0.2, 0.25) is 0 Å². The van der Waals surface area contributed by atoms with Crippen LogP contribution in [0.5, 0.6) is 0 Å². The maximum absolute atomic E-state index is 11.0. The van der Waals surface area contributed by atoms with Crippen molar-refractivity contribution in [3.8, 4) is 0 Å². The molecule has 0 atom stereocenters. The molecule has 0 spiro atoms. The molecule has 0 rings (SSSR count). The van der Waals surface area contributed by atoms with Crippen LogP contribution >= 0.6 is 0 Å². The third kappa shape index (κ3) is 8.97. The number of ether oxygens (including phenoxy) is 1. The van der Waals surface area contributed by atoms with E-state index in [9.17, 15) is 9.59 Å². The minimum Gasteiger partial charge on any atom is -0.466 e. The maximum atomic E-state index is 11.0. The number of allylic oxidation sites excluding steroid dienone is 1. The van der Waals surface area contributed by atoms with Gasteiger partial charge in [-0.3, -0.25) is 4.79 Å². The molecule has 0 aromatic heterocycles. The SMILES string of the molecule is C=CCCCC(=O)OCCCC(C)=O. The zero-order valence-corrected chi connectivity index (χ0v) is 8.75. The molecular formula is C11H18O3. The van der Waals surface area contributed by atoms with Gasteiger partial charge in [0.05, 0.1) is 6.61 Å². The second kappa shape index (κ2) is 8.48. The van der Waals surface area contributed by atoms with Crippen molar-refractivity contribution in [3.63, 3.8) is 0 Å². The summed E-state index contributed by atoms with van der Waals surface area (Å²) in [6.07, 6.45) is 4.95. The van der Waals surface area contributed by atoms with Crippen LogP contribution in [0.25, 0.3) is 0 Å². The van der Waals surface area contributed by atoms with Crippen molar-refractivity contribution < 1.29 is 14.3 Å². The fourth-order valence-electron chi connectivity index (χ4n) is 0.970. The number of esters is 1. The van der Waals surface area contributed by atoms with Crippen LogP contribution in [0.4, 0.5) is 0 Å². The van der Waals surface area contributed by atoms with Crippen LogP contribution in [-0.4, -0.2) is 18.4 Å². The van der Waals surface area contributed by atoms with E-state index in [4.69, 9.17) is 4.74 Å². The summed E-state index contributed by atoms with van der Waals surface area (Å²) in [5.74, 6) is -0.0527. The first-order chi connectivity index (χ1) is 6.66. The van der Waals surface area contributed by atoms with E-state index in [1.54, 1.807) is 6.08 Å². The average molecular weight is 198 g/mol. The molecule has 0 fully saturated rings. The Bertz CT molecular complexity index is 197. The molecule has 14 heavy (non-hydrogen) atoms. The molecule has 0 saturated carbocycles. The highest BCUT2D eigenvalue weighted by Gasteiger charge is 2.01. The van der Waals surface area contributed by atoms with E-state index in [0.717, 1.165) is 12.8 Å². The topological polar surface area (TPSA) is 43.4 Å². The molecule has 0 saturated heterocycles. The second-order valence-electron chi connectivity index (χ2n) is 3.21. The number of hydrogen-bond donors (Lipinski definition) is 0. The molecule has 0 radical (unpaired) electrons. The predicted octanol–water partition coefficient (Wildman–Crippen LogP) is 2.26. The molecule has 0 aliphatic carbocycles. The van der Waals surface area contributed by atoms with Crippen molar-refractivity contribution in [2.24, 2.45) is 0 Å². The lowest BCUT2D eigenvalue weighted by atomic mass is 10.2. The van der Waals surface area contributed by atoms with E-state index >= 15 is 0 Å². The van der Waals surface area contributed by atoms with Crippen LogP contribution in [0.3, 0.4) is 0 Å². The third-order valence-corrected chi connectivity index (χ3v) is 1.73. The molecule has 0 amide bonds. The smallest absolute Gasteiger partial charge is 0.305 e. The van der Waals surface area contributed by atoms with E-state index in [-0.39, 0.29) is 11.8 Å². The summed E-state index contributed by atoms with van der Waals surface area (Å²) in [6.45, 7) is 5.45. The Morgan fingerprint density at radius 3 is 2.57 bits per heavy atom. The number of hydrogen-bond acceptors (Lipinski definition) is 3. The Kier molecular flexibility index (Phi) is 7.80. The van der Waals surface area contributed by atoms with Gasteiger partial charge in [-0.15, -0.1) is 6.58 Å². The summed E-state index contributed by atoms with van der Waals surface area (Å²) in [5.41, 5.74) is 0. The number of carbonyl (C=O) groups excluding carboxylic acids is 2. The molecule has 0 heterocycles. The Morgan fingerprint density at radius 2 is 2.00 bits per heavy atom. The van der Waals surface area contributed by atoms with E-state index < -0.39 is 0 Å². The Balaban J connectivity index is 3.26. The number of Topliss-reactive ketones (excluding diaryl/α,β-unsaturated/α-hetero) is 1. The first-order valence-electron chi connectivity index (χ1n) is 4.92. The standard InChI is InChI=1S/C11H18O3/c1-3-4-5-8-11(13)14-9-6-7-10(2)12/h3H,1,4-9H2,2H3. The predicted molar refractivity (Wildman–Crippen MR) is 54.9 cm³/mol. The minimum atomic E-state index is -0.185. The lowest BCUT2D eigenvalue weighted by Gasteiger charge is -2.02. The average Bonchev–Trinajstić information content (AvgIpc) is 2.13. The van der Waals surface area contributed by atoms with Gasteiger partial charge in [0.2, 0.25) is 0 Å². The lowest BCUT2D eigenvalue weighted by molar-refractivity contribution is -0.144. The van der Waals surface area contributed by atoms with Gasteiger partial charge in [0.15, 0.2) is 0 Å². The van der Waals surface area contributed by atoms with E-state index in [0.29, 0.717) is 25.9 Å². The van der Waals surface area contributed by atoms with Gasteiger partial charge in [-0.1, -0.05) is 6.08 Å². The molecular weight excluding hydrogens is 180 g/mol. The fourth-order valence-corrected chi connectivity index (χ4v) is 0.970. The largest absolute Gasteiger partial charge is 0.466 e. The first-order valence-corrected chi connectivity index (χ1v) is 4.92. The molecule has 3 heteroatoms. The van der Waals surface area contributed by atoms with E-state index in [1.807, 2.05) is 0 Å². The minimum absolute atomic E-state index is 0.132. The molecule has 3 nitrogen and oxygen atoms in total. The van der Waals surface area contributed by atoms with Crippen molar-refractivity contribution in [2.75, 3.05) is 6.61 Å².